The summed E-state index contributed by atoms with van der Waals surface area (Å²) in [5, 5.41) is 17.2. The molecule has 0 aromatic carbocycles. The Kier molecular flexibility index (Phi) is 17.3. The van der Waals surface area contributed by atoms with Gasteiger partial charge in [0.2, 0.25) is 0 Å². The van der Waals surface area contributed by atoms with Crippen LogP contribution in [0.1, 0.15) is 103 Å². The van der Waals surface area contributed by atoms with Gasteiger partial charge in [-0.1, -0.05) is 57.6 Å². The highest BCUT2D eigenvalue weighted by molar-refractivity contribution is 5.76. The molecule has 0 bridgehead atoms. The predicted octanol–water partition coefficient (Wildman–Crippen LogP) is 5.50. The van der Waals surface area contributed by atoms with Crippen molar-refractivity contribution in [2.24, 2.45) is 0 Å². The molecule has 0 aliphatic rings. The summed E-state index contributed by atoms with van der Waals surface area (Å²) >= 11 is 0. The highest BCUT2D eigenvalue weighted by atomic mass is 16.5. The van der Waals surface area contributed by atoms with Crippen LogP contribution in [0.15, 0.2) is 12.2 Å². The molecule has 0 aromatic heterocycles. The predicted molar refractivity (Wildman–Crippen MR) is 109 cm³/mol. The number of unbranched alkanes of at least 4 members (excludes halogenated alkanes) is 8. The molecular formula is C22H38O6. The standard InChI is InChI=1S/C22H38O6/c1-2-3-4-11-14-19(28-22(27)18-17-21(25)26)15-12-9-7-5-6-8-10-13-16-20(23)24/h9,12,19H,2-8,10-11,13-18H2,1H3,(H,23,24)(H,25,26)/b12-9+. The topological polar surface area (TPSA) is 101 Å². The second-order valence-electron chi connectivity index (χ2n) is 7.26. The van der Waals surface area contributed by atoms with Crippen LogP contribution < -0.4 is 0 Å². The van der Waals surface area contributed by atoms with Gasteiger partial charge in [-0.25, -0.2) is 0 Å². The number of rotatable bonds is 19. The first-order chi connectivity index (χ1) is 13.5. The number of hydrogen-bond acceptors (Lipinski definition) is 4. The van der Waals surface area contributed by atoms with E-state index >= 15 is 0 Å². The molecule has 0 aromatic rings. The molecule has 6 heteroatoms. The number of ether oxygens (including phenoxy) is 1. The van der Waals surface area contributed by atoms with Crippen LogP contribution in [0.3, 0.4) is 0 Å². The maximum Gasteiger partial charge on any atom is 0.306 e. The van der Waals surface area contributed by atoms with E-state index in [2.05, 4.69) is 19.1 Å². The molecule has 1 atom stereocenters. The zero-order chi connectivity index (χ0) is 21.0. The van der Waals surface area contributed by atoms with Gasteiger partial charge in [0.25, 0.3) is 0 Å². The van der Waals surface area contributed by atoms with Crippen LogP contribution in [0.4, 0.5) is 0 Å². The lowest BCUT2D eigenvalue weighted by Crippen LogP contribution is -2.18. The van der Waals surface area contributed by atoms with Crippen molar-refractivity contribution < 1.29 is 29.3 Å². The minimum absolute atomic E-state index is 0.0770. The summed E-state index contributed by atoms with van der Waals surface area (Å²) in [4.78, 5) is 32.8. The fourth-order valence-corrected chi connectivity index (χ4v) is 2.91. The molecule has 0 rings (SSSR count). The summed E-state index contributed by atoms with van der Waals surface area (Å²) in [6.45, 7) is 2.15. The first-order valence-corrected chi connectivity index (χ1v) is 10.7. The van der Waals surface area contributed by atoms with Gasteiger partial charge in [0.15, 0.2) is 0 Å². The first kappa shape index (κ1) is 26.1. The van der Waals surface area contributed by atoms with Gasteiger partial charge < -0.3 is 14.9 Å². The van der Waals surface area contributed by atoms with Crippen LogP contribution in [0.2, 0.25) is 0 Å². The molecule has 0 aliphatic carbocycles. The minimum atomic E-state index is -0.987. The van der Waals surface area contributed by atoms with Crippen LogP contribution >= 0.6 is 0 Å². The van der Waals surface area contributed by atoms with E-state index in [0.717, 1.165) is 64.2 Å². The zero-order valence-electron chi connectivity index (χ0n) is 17.4. The molecule has 0 fully saturated rings. The first-order valence-electron chi connectivity index (χ1n) is 10.7. The summed E-state index contributed by atoms with van der Waals surface area (Å²) < 4.78 is 5.47. The smallest absolute Gasteiger partial charge is 0.306 e. The number of carboxylic acid groups (broad SMARTS) is 2. The Bertz CT molecular complexity index is 458. The fraction of sp³-hybridized carbons (Fsp3) is 0.773. The Morgan fingerprint density at radius 2 is 1.43 bits per heavy atom. The third kappa shape index (κ3) is 18.9. The third-order valence-corrected chi connectivity index (χ3v) is 4.55. The lowest BCUT2D eigenvalue weighted by atomic mass is 10.1. The lowest BCUT2D eigenvalue weighted by Gasteiger charge is -2.16. The van der Waals surface area contributed by atoms with Crippen molar-refractivity contribution in [2.45, 2.75) is 109 Å². The minimum Gasteiger partial charge on any atom is -0.481 e. The third-order valence-electron chi connectivity index (χ3n) is 4.55. The number of carboxylic acids is 2. The monoisotopic (exact) mass is 398 g/mol. The van der Waals surface area contributed by atoms with Gasteiger partial charge in [-0.05, 0) is 32.1 Å². The van der Waals surface area contributed by atoms with Crippen molar-refractivity contribution in [3.8, 4) is 0 Å². The van der Waals surface area contributed by atoms with E-state index < -0.39 is 17.9 Å². The van der Waals surface area contributed by atoms with E-state index in [4.69, 9.17) is 14.9 Å². The maximum atomic E-state index is 11.8. The molecule has 0 radical (unpaired) electrons. The molecule has 28 heavy (non-hydrogen) atoms. The largest absolute Gasteiger partial charge is 0.481 e. The van der Waals surface area contributed by atoms with Gasteiger partial charge in [-0.2, -0.15) is 0 Å². The van der Waals surface area contributed by atoms with Crippen molar-refractivity contribution in [3.63, 3.8) is 0 Å². The molecule has 2 N–H and O–H groups in total. The van der Waals surface area contributed by atoms with E-state index in [1.165, 1.54) is 6.42 Å². The normalized spacial score (nSPS) is 12.2. The number of esters is 1. The van der Waals surface area contributed by atoms with Gasteiger partial charge in [0.05, 0.1) is 12.8 Å². The Labute approximate surface area is 169 Å². The zero-order valence-corrected chi connectivity index (χ0v) is 17.4. The average molecular weight is 399 g/mol. The summed E-state index contributed by atoms with van der Waals surface area (Å²) in [6, 6.07) is 0. The Balaban J connectivity index is 4.02. The second kappa shape index (κ2) is 18.5. The summed E-state index contributed by atoms with van der Waals surface area (Å²) in [5.74, 6) is -2.15. The SMILES string of the molecule is CCCCCCC(C/C=C/CCCCCCCC(=O)O)OC(=O)CCC(=O)O. The maximum absolute atomic E-state index is 11.8. The van der Waals surface area contributed by atoms with Gasteiger partial charge in [0, 0.05) is 12.8 Å². The Hall–Kier alpha value is -1.85. The van der Waals surface area contributed by atoms with Crippen molar-refractivity contribution in [1.82, 2.24) is 0 Å². The molecule has 1 unspecified atom stereocenters. The van der Waals surface area contributed by atoms with E-state index in [-0.39, 0.29) is 25.4 Å². The van der Waals surface area contributed by atoms with E-state index in [1.54, 1.807) is 0 Å². The fourth-order valence-electron chi connectivity index (χ4n) is 2.91. The summed E-state index contributed by atoms with van der Waals surface area (Å²) in [7, 11) is 0. The number of hydrogen-bond donors (Lipinski definition) is 2. The van der Waals surface area contributed by atoms with Crippen molar-refractivity contribution in [2.75, 3.05) is 0 Å². The van der Waals surface area contributed by atoms with Crippen molar-refractivity contribution in [3.05, 3.63) is 12.2 Å². The summed E-state index contributed by atoms with van der Waals surface area (Å²) in [6.07, 6.45) is 15.8. The Morgan fingerprint density at radius 3 is 2.11 bits per heavy atom. The summed E-state index contributed by atoms with van der Waals surface area (Å²) in [5.41, 5.74) is 0. The van der Waals surface area contributed by atoms with E-state index in [1.807, 2.05) is 0 Å². The van der Waals surface area contributed by atoms with Gasteiger partial charge in [-0.3, -0.25) is 14.4 Å². The number of carbonyl (C=O) groups is 3. The quantitative estimate of drug-likeness (QED) is 0.169. The second-order valence-corrected chi connectivity index (χ2v) is 7.26. The van der Waals surface area contributed by atoms with Crippen molar-refractivity contribution >= 4 is 17.9 Å². The van der Waals surface area contributed by atoms with Crippen LogP contribution in [0.25, 0.3) is 0 Å². The van der Waals surface area contributed by atoms with Gasteiger partial charge in [-0.15, -0.1) is 0 Å². The number of allylic oxidation sites excluding steroid dienone is 1. The van der Waals surface area contributed by atoms with Crippen LogP contribution in [-0.2, 0) is 19.1 Å². The van der Waals surface area contributed by atoms with Gasteiger partial charge in [0.1, 0.15) is 6.10 Å². The molecule has 0 amide bonds. The molecule has 0 saturated carbocycles. The number of aliphatic carboxylic acids is 2. The van der Waals surface area contributed by atoms with E-state index in [0.29, 0.717) is 6.42 Å². The molecule has 0 saturated heterocycles. The molecule has 0 spiro atoms. The van der Waals surface area contributed by atoms with Gasteiger partial charge >= 0.3 is 17.9 Å². The molecule has 0 aliphatic heterocycles. The average Bonchev–Trinajstić information content (AvgIpc) is 2.64. The lowest BCUT2D eigenvalue weighted by molar-refractivity contribution is -0.152. The molecule has 162 valence electrons. The molecular weight excluding hydrogens is 360 g/mol. The van der Waals surface area contributed by atoms with Crippen LogP contribution in [0, 0.1) is 0 Å². The Morgan fingerprint density at radius 1 is 0.786 bits per heavy atom. The molecule has 0 heterocycles. The van der Waals surface area contributed by atoms with Crippen LogP contribution in [-0.4, -0.2) is 34.2 Å². The highest BCUT2D eigenvalue weighted by Gasteiger charge is 2.14. The molecule has 6 nitrogen and oxygen atoms in total. The van der Waals surface area contributed by atoms with Crippen molar-refractivity contribution in [1.29, 1.82) is 0 Å². The van der Waals surface area contributed by atoms with Crippen LogP contribution in [0.5, 0.6) is 0 Å². The number of carbonyl (C=O) groups excluding carboxylic acids is 1. The highest BCUT2D eigenvalue weighted by Crippen LogP contribution is 2.14. The van der Waals surface area contributed by atoms with E-state index in [9.17, 15) is 14.4 Å².